The van der Waals surface area contributed by atoms with Crippen LogP contribution in [0.4, 0.5) is 0 Å². The minimum Gasteiger partial charge on any atom is -0.340 e. The van der Waals surface area contributed by atoms with Crippen LogP contribution in [-0.2, 0) is 11.2 Å². The van der Waals surface area contributed by atoms with Crippen molar-refractivity contribution >= 4 is 21.8 Å². The molecule has 1 aliphatic rings. The Bertz CT molecular complexity index is 400. The van der Waals surface area contributed by atoms with Gasteiger partial charge in [-0.1, -0.05) is 28.1 Å². The predicted molar refractivity (Wildman–Crippen MR) is 71.9 cm³/mol. The number of halogens is 1. The number of benzene rings is 1. The van der Waals surface area contributed by atoms with Crippen LogP contribution >= 0.6 is 15.9 Å². The Morgan fingerprint density at radius 3 is 2.65 bits per heavy atom. The minimum absolute atomic E-state index is 0.233. The Morgan fingerprint density at radius 2 is 2.00 bits per heavy atom. The first-order valence-electron chi connectivity index (χ1n) is 5.86. The molecule has 1 aliphatic heterocycles. The number of carbonyl (C=O) groups is 1. The Balaban J connectivity index is 1.93. The first-order valence-corrected chi connectivity index (χ1v) is 6.65. The number of amides is 1. The molecule has 0 spiro atoms. The fourth-order valence-corrected chi connectivity index (χ4v) is 2.44. The van der Waals surface area contributed by atoms with Crippen LogP contribution in [0, 0.1) is 0 Å². The molecule has 1 heterocycles. The number of nitrogens with zero attached hydrogens (tertiary/aromatic N) is 2. The summed E-state index contributed by atoms with van der Waals surface area (Å²) in [5.74, 6) is 0.233. The molecule has 1 aromatic carbocycles. The summed E-state index contributed by atoms with van der Waals surface area (Å²) in [6, 6.07) is 7.95. The number of carbonyl (C=O) groups excluding carboxylic acids is 1. The molecule has 0 aromatic heterocycles. The van der Waals surface area contributed by atoms with Crippen LogP contribution in [-0.4, -0.2) is 48.9 Å². The third-order valence-electron chi connectivity index (χ3n) is 3.10. The summed E-state index contributed by atoms with van der Waals surface area (Å²) >= 11 is 3.42. The van der Waals surface area contributed by atoms with Crippen LogP contribution < -0.4 is 0 Å². The maximum absolute atomic E-state index is 12.1. The summed E-state index contributed by atoms with van der Waals surface area (Å²) in [4.78, 5) is 16.3. The zero-order valence-corrected chi connectivity index (χ0v) is 11.6. The van der Waals surface area contributed by atoms with Gasteiger partial charge in [0.25, 0.3) is 0 Å². The first kappa shape index (κ1) is 12.6. The molecule has 0 bridgehead atoms. The smallest absolute Gasteiger partial charge is 0.227 e. The lowest BCUT2D eigenvalue weighted by molar-refractivity contribution is -0.132. The second kappa shape index (κ2) is 5.65. The lowest BCUT2D eigenvalue weighted by Crippen LogP contribution is -2.47. The van der Waals surface area contributed by atoms with Crippen molar-refractivity contribution in [2.24, 2.45) is 0 Å². The van der Waals surface area contributed by atoms with Gasteiger partial charge in [0.1, 0.15) is 0 Å². The van der Waals surface area contributed by atoms with Gasteiger partial charge in [0.15, 0.2) is 0 Å². The third-order valence-corrected chi connectivity index (χ3v) is 3.59. The van der Waals surface area contributed by atoms with Crippen molar-refractivity contribution in [3.63, 3.8) is 0 Å². The molecule has 1 fully saturated rings. The van der Waals surface area contributed by atoms with Gasteiger partial charge in [-0.05, 0) is 24.7 Å². The van der Waals surface area contributed by atoms with Gasteiger partial charge in [-0.2, -0.15) is 0 Å². The fourth-order valence-electron chi connectivity index (χ4n) is 1.99. The zero-order valence-electron chi connectivity index (χ0n) is 10.0. The number of hydrogen-bond donors (Lipinski definition) is 0. The highest BCUT2D eigenvalue weighted by molar-refractivity contribution is 9.10. The maximum atomic E-state index is 12.1. The van der Waals surface area contributed by atoms with E-state index in [1.165, 1.54) is 0 Å². The standard InChI is InChI=1S/C13H17BrN2O/c1-15-5-7-16(8-6-15)13(17)10-11-3-2-4-12(14)9-11/h2-4,9H,5-8,10H2,1H3. The van der Waals surface area contributed by atoms with E-state index >= 15 is 0 Å². The van der Waals surface area contributed by atoms with Crippen LogP contribution in [0.15, 0.2) is 28.7 Å². The van der Waals surface area contributed by atoms with E-state index in [1.807, 2.05) is 29.2 Å². The summed E-state index contributed by atoms with van der Waals surface area (Å²) in [5, 5.41) is 0. The van der Waals surface area contributed by atoms with E-state index in [-0.39, 0.29) is 5.91 Å². The molecule has 0 N–H and O–H groups in total. The molecular weight excluding hydrogens is 280 g/mol. The number of rotatable bonds is 2. The van der Waals surface area contributed by atoms with Crippen molar-refractivity contribution in [1.29, 1.82) is 0 Å². The molecule has 92 valence electrons. The molecular formula is C13H17BrN2O. The third kappa shape index (κ3) is 3.54. The SMILES string of the molecule is CN1CCN(C(=O)Cc2cccc(Br)c2)CC1. The summed E-state index contributed by atoms with van der Waals surface area (Å²) in [6.45, 7) is 3.65. The second-order valence-corrected chi connectivity index (χ2v) is 5.41. The van der Waals surface area contributed by atoms with Crippen molar-refractivity contribution in [2.45, 2.75) is 6.42 Å². The average Bonchev–Trinajstić information content (AvgIpc) is 2.29. The maximum Gasteiger partial charge on any atom is 0.227 e. The van der Waals surface area contributed by atoms with Crippen LogP contribution in [0.25, 0.3) is 0 Å². The first-order chi connectivity index (χ1) is 8.15. The Kier molecular flexibility index (Phi) is 4.18. The molecule has 0 atom stereocenters. The molecule has 3 nitrogen and oxygen atoms in total. The predicted octanol–water partition coefficient (Wildman–Crippen LogP) is 1.77. The molecule has 1 aromatic rings. The lowest BCUT2D eigenvalue weighted by Gasteiger charge is -2.32. The summed E-state index contributed by atoms with van der Waals surface area (Å²) in [5.41, 5.74) is 1.07. The molecule has 0 aliphatic carbocycles. The van der Waals surface area contributed by atoms with Gasteiger partial charge in [0.2, 0.25) is 5.91 Å². The molecule has 0 radical (unpaired) electrons. The van der Waals surface area contributed by atoms with Gasteiger partial charge in [-0.15, -0.1) is 0 Å². The van der Waals surface area contributed by atoms with Crippen molar-refractivity contribution in [3.05, 3.63) is 34.3 Å². The van der Waals surface area contributed by atoms with Crippen molar-refractivity contribution < 1.29 is 4.79 Å². The van der Waals surface area contributed by atoms with Gasteiger partial charge in [-0.3, -0.25) is 4.79 Å². The van der Waals surface area contributed by atoms with Crippen molar-refractivity contribution in [3.8, 4) is 0 Å². The summed E-state index contributed by atoms with van der Waals surface area (Å²) in [6.07, 6.45) is 0.503. The molecule has 4 heteroatoms. The molecule has 1 amide bonds. The van der Waals surface area contributed by atoms with Crippen molar-refractivity contribution in [2.75, 3.05) is 33.2 Å². The highest BCUT2D eigenvalue weighted by atomic mass is 79.9. The molecule has 17 heavy (non-hydrogen) atoms. The normalized spacial score (nSPS) is 17.2. The van der Waals surface area contributed by atoms with Gasteiger partial charge in [0.05, 0.1) is 6.42 Å². The highest BCUT2D eigenvalue weighted by Gasteiger charge is 2.18. The molecule has 2 rings (SSSR count). The van der Waals surface area contributed by atoms with Crippen LogP contribution in [0.2, 0.25) is 0 Å². The monoisotopic (exact) mass is 296 g/mol. The van der Waals surface area contributed by atoms with Gasteiger partial charge < -0.3 is 9.80 Å². The largest absolute Gasteiger partial charge is 0.340 e. The van der Waals surface area contributed by atoms with E-state index in [0.29, 0.717) is 6.42 Å². The van der Waals surface area contributed by atoms with Crippen molar-refractivity contribution in [1.82, 2.24) is 9.80 Å². The van der Waals surface area contributed by atoms with E-state index in [4.69, 9.17) is 0 Å². The summed E-state index contributed by atoms with van der Waals surface area (Å²) < 4.78 is 1.03. The van der Waals surface area contributed by atoms with E-state index in [2.05, 4.69) is 27.9 Å². The fraction of sp³-hybridized carbons (Fsp3) is 0.462. The van der Waals surface area contributed by atoms with Gasteiger partial charge in [0, 0.05) is 30.7 Å². The Labute approximate surface area is 111 Å². The molecule has 0 saturated carbocycles. The number of likely N-dealkylation sites (N-methyl/N-ethyl adjacent to an activating group) is 1. The number of hydrogen-bond acceptors (Lipinski definition) is 2. The lowest BCUT2D eigenvalue weighted by atomic mass is 10.1. The average molecular weight is 297 g/mol. The van der Waals surface area contributed by atoms with Gasteiger partial charge >= 0.3 is 0 Å². The van der Waals surface area contributed by atoms with E-state index in [9.17, 15) is 4.79 Å². The molecule has 1 saturated heterocycles. The Morgan fingerprint density at radius 1 is 1.29 bits per heavy atom. The number of piperazine rings is 1. The van der Waals surface area contributed by atoms with Crippen LogP contribution in [0.5, 0.6) is 0 Å². The quantitative estimate of drug-likeness (QED) is 0.830. The van der Waals surface area contributed by atoms with Crippen LogP contribution in [0.1, 0.15) is 5.56 Å². The van der Waals surface area contributed by atoms with E-state index in [1.54, 1.807) is 0 Å². The minimum atomic E-state index is 0.233. The van der Waals surface area contributed by atoms with Crippen LogP contribution in [0.3, 0.4) is 0 Å². The molecule has 0 unspecified atom stereocenters. The topological polar surface area (TPSA) is 23.6 Å². The highest BCUT2D eigenvalue weighted by Crippen LogP contribution is 2.13. The van der Waals surface area contributed by atoms with E-state index < -0.39 is 0 Å². The second-order valence-electron chi connectivity index (χ2n) is 4.49. The van der Waals surface area contributed by atoms with E-state index in [0.717, 1.165) is 36.2 Å². The summed E-state index contributed by atoms with van der Waals surface area (Å²) in [7, 11) is 2.09. The zero-order chi connectivity index (χ0) is 12.3. The van der Waals surface area contributed by atoms with Gasteiger partial charge in [-0.25, -0.2) is 0 Å². The Hall–Kier alpha value is -0.870.